The van der Waals surface area contributed by atoms with Crippen LogP contribution in [0.1, 0.15) is 19.8 Å². The van der Waals surface area contributed by atoms with E-state index in [4.69, 9.17) is 39.5 Å². The fourth-order valence-corrected chi connectivity index (χ4v) is 8.58. The number of fused-ring (bicyclic) bond motifs is 1. The summed E-state index contributed by atoms with van der Waals surface area (Å²) in [4.78, 5) is 18.0. The van der Waals surface area contributed by atoms with Crippen molar-refractivity contribution in [1.29, 1.82) is 0 Å². The molecule has 0 saturated carbocycles. The molecule has 0 atom stereocenters. The number of ether oxygens (including phenoxy) is 1. The van der Waals surface area contributed by atoms with Gasteiger partial charge in [0.25, 0.3) is 15.9 Å². The number of carbonyl (C=O) groups is 1. The fourth-order valence-electron chi connectivity index (χ4n) is 3.80. The molecule has 4 rings (SSSR count). The number of aromatic nitrogens is 1. The van der Waals surface area contributed by atoms with Gasteiger partial charge in [-0.05, 0) is 44.0 Å². The van der Waals surface area contributed by atoms with Crippen molar-refractivity contribution in [2.75, 3.05) is 26.3 Å². The van der Waals surface area contributed by atoms with Crippen LogP contribution in [0.15, 0.2) is 33.5 Å². The normalized spacial score (nSPS) is 16.5. The summed E-state index contributed by atoms with van der Waals surface area (Å²) in [5.41, 5.74) is 0.723. The number of hydrogen-bond acceptors (Lipinski definition) is 6. The lowest BCUT2D eigenvalue weighted by atomic mass is 9.98. The highest BCUT2D eigenvalue weighted by atomic mass is 35.5. The Kier molecular flexibility index (Phi) is 8.41. The second-order valence-electron chi connectivity index (χ2n) is 7.63. The molecule has 7 nitrogen and oxygen atoms in total. The van der Waals surface area contributed by atoms with Crippen LogP contribution in [-0.4, -0.2) is 49.5 Å². The predicted octanol–water partition coefficient (Wildman–Crippen LogP) is 5.29. The van der Waals surface area contributed by atoms with Crippen LogP contribution in [0.25, 0.3) is 10.2 Å². The van der Waals surface area contributed by atoms with Gasteiger partial charge in [-0.1, -0.05) is 46.1 Å². The van der Waals surface area contributed by atoms with Crippen molar-refractivity contribution < 1.29 is 17.9 Å². The summed E-state index contributed by atoms with van der Waals surface area (Å²) in [6.07, 6.45) is 0.790. The molecule has 0 radical (unpaired) electrons. The molecule has 1 aliphatic heterocycles. The first-order chi connectivity index (χ1) is 16.2. The molecule has 34 heavy (non-hydrogen) atoms. The van der Waals surface area contributed by atoms with Gasteiger partial charge in [0.15, 0.2) is 4.80 Å². The minimum Gasteiger partial charge on any atom is -0.380 e. The zero-order chi connectivity index (χ0) is 24.5. The number of thiophene rings is 1. The van der Waals surface area contributed by atoms with Gasteiger partial charge in [0.05, 0.1) is 31.2 Å². The third-order valence-corrected chi connectivity index (χ3v) is 11.0. The van der Waals surface area contributed by atoms with Crippen LogP contribution in [0.4, 0.5) is 0 Å². The summed E-state index contributed by atoms with van der Waals surface area (Å²) in [6, 6.07) is 6.52. The van der Waals surface area contributed by atoms with Crippen molar-refractivity contribution in [3.8, 4) is 0 Å². The van der Waals surface area contributed by atoms with Crippen molar-refractivity contribution in [2.24, 2.45) is 10.9 Å². The summed E-state index contributed by atoms with van der Waals surface area (Å²) in [5.74, 6) is -0.643. The molecule has 0 unspecified atom stereocenters. The molecule has 1 aromatic carbocycles. The second kappa shape index (κ2) is 11.0. The molecule has 1 aliphatic rings. The van der Waals surface area contributed by atoms with Crippen LogP contribution in [0.3, 0.4) is 0 Å². The zero-order valence-corrected chi connectivity index (χ0v) is 22.9. The highest BCUT2D eigenvalue weighted by Gasteiger charge is 2.33. The van der Waals surface area contributed by atoms with Gasteiger partial charge in [-0.25, -0.2) is 8.42 Å². The maximum atomic E-state index is 13.1. The highest BCUT2D eigenvalue weighted by molar-refractivity contribution is 7.91. The lowest BCUT2D eigenvalue weighted by molar-refractivity contribution is -0.122. The van der Waals surface area contributed by atoms with E-state index in [2.05, 4.69) is 4.99 Å². The predicted molar refractivity (Wildman–Crippen MR) is 138 cm³/mol. The molecule has 1 fully saturated rings. The molecule has 3 heterocycles. The fraction of sp³-hybridized carbons (Fsp3) is 0.429. The minimum absolute atomic E-state index is 0.210. The number of piperidine rings is 1. The van der Waals surface area contributed by atoms with E-state index < -0.39 is 10.0 Å². The van der Waals surface area contributed by atoms with Crippen molar-refractivity contribution in [3.63, 3.8) is 0 Å². The molecular formula is C21H22Cl3N3O4S3. The van der Waals surface area contributed by atoms with Crippen molar-refractivity contribution in [3.05, 3.63) is 43.4 Å². The van der Waals surface area contributed by atoms with E-state index in [0.717, 1.165) is 21.6 Å². The quantitative estimate of drug-likeness (QED) is 0.355. The Morgan fingerprint density at radius 3 is 2.47 bits per heavy atom. The molecule has 0 bridgehead atoms. The first kappa shape index (κ1) is 26.1. The Balaban J connectivity index is 1.56. The molecule has 3 aromatic rings. The Hall–Kier alpha value is -0.980. The van der Waals surface area contributed by atoms with Crippen LogP contribution in [0.2, 0.25) is 14.4 Å². The number of nitrogens with zero attached hydrogens (tertiary/aromatic N) is 3. The van der Waals surface area contributed by atoms with Crippen LogP contribution < -0.4 is 4.80 Å². The van der Waals surface area contributed by atoms with Crippen LogP contribution >= 0.6 is 57.5 Å². The van der Waals surface area contributed by atoms with E-state index in [1.165, 1.54) is 21.7 Å². The monoisotopic (exact) mass is 581 g/mol. The van der Waals surface area contributed by atoms with Crippen LogP contribution in [-0.2, 0) is 26.1 Å². The van der Waals surface area contributed by atoms with Gasteiger partial charge in [0, 0.05) is 32.2 Å². The molecule has 0 spiro atoms. The first-order valence-electron chi connectivity index (χ1n) is 10.6. The maximum absolute atomic E-state index is 13.1. The number of rotatable bonds is 7. The highest BCUT2D eigenvalue weighted by Crippen LogP contribution is 2.33. The molecule has 1 saturated heterocycles. The van der Waals surface area contributed by atoms with Crippen molar-refractivity contribution in [2.45, 2.75) is 30.5 Å². The number of benzene rings is 1. The van der Waals surface area contributed by atoms with Gasteiger partial charge < -0.3 is 9.30 Å². The van der Waals surface area contributed by atoms with E-state index in [9.17, 15) is 13.2 Å². The standard InChI is InChI=1S/C21H22Cl3N3O4S3/c1-2-31-12-11-27-18-14(22)3-4-15(23)19(18)33-21(27)25-20(28)13-7-9-26(10-8-13)34(29,30)17-6-5-16(24)32-17/h3-6,13H,2,7-12H2,1H3. The number of hydrogen-bond donors (Lipinski definition) is 0. The third kappa shape index (κ3) is 5.39. The average molecular weight is 583 g/mol. The molecule has 0 N–H and O–H groups in total. The Morgan fingerprint density at radius 1 is 1.12 bits per heavy atom. The number of thiazole rings is 1. The van der Waals surface area contributed by atoms with Gasteiger partial charge in [0.2, 0.25) is 0 Å². The number of halogens is 3. The summed E-state index contributed by atoms with van der Waals surface area (Å²) < 4.78 is 35.8. The molecule has 1 amide bonds. The van der Waals surface area contributed by atoms with E-state index in [1.54, 1.807) is 18.2 Å². The van der Waals surface area contributed by atoms with Crippen LogP contribution in [0.5, 0.6) is 0 Å². The van der Waals surface area contributed by atoms with E-state index >= 15 is 0 Å². The van der Waals surface area contributed by atoms with E-state index in [-0.39, 0.29) is 29.1 Å². The average Bonchev–Trinajstić information content (AvgIpc) is 3.42. The summed E-state index contributed by atoms with van der Waals surface area (Å²) in [6.45, 7) is 3.89. The first-order valence-corrected chi connectivity index (χ1v) is 14.8. The zero-order valence-electron chi connectivity index (χ0n) is 18.2. The topological polar surface area (TPSA) is 81.0 Å². The van der Waals surface area contributed by atoms with Gasteiger partial charge in [-0.15, -0.1) is 11.3 Å². The van der Waals surface area contributed by atoms with Gasteiger partial charge in [0.1, 0.15) is 4.21 Å². The minimum atomic E-state index is -3.62. The van der Waals surface area contributed by atoms with Gasteiger partial charge in [-0.3, -0.25) is 4.79 Å². The maximum Gasteiger partial charge on any atom is 0.252 e. The smallest absolute Gasteiger partial charge is 0.252 e. The lowest BCUT2D eigenvalue weighted by Crippen LogP contribution is -2.40. The summed E-state index contributed by atoms with van der Waals surface area (Å²) in [7, 11) is -3.62. The van der Waals surface area contributed by atoms with Crippen molar-refractivity contribution in [1.82, 2.24) is 8.87 Å². The molecule has 0 aliphatic carbocycles. The lowest BCUT2D eigenvalue weighted by Gasteiger charge is -2.29. The molecule has 2 aromatic heterocycles. The third-order valence-electron chi connectivity index (χ3n) is 5.54. The number of sulfonamides is 1. The Labute approximate surface area is 220 Å². The summed E-state index contributed by atoms with van der Waals surface area (Å²) >= 11 is 21.1. The number of amides is 1. The van der Waals surface area contributed by atoms with E-state index in [0.29, 0.717) is 51.8 Å². The number of carbonyl (C=O) groups excluding carboxylic acids is 1. The van der Waals surface area contributed by atoms with Crippen LogP contribution in [0, 0.1) is 5.92 Å². The molecule has 13 heteroatoms. The largest absolute Gasteiger partial charge is 0.380 e. The van der Waals surface area contributed by atoms with E-state index in [1.807, 2.05) is 11.5 Å². The van der Waals surface area contributed by atoms with Gasteiger partial charge in [-0.2, -0.15) is 9.30 Å². The van der Waals surface area contributed by atoms with Gasteiger partial charge >= 0.3 is 0 Å². The molecular weight excluding hydrogens is 561 g/mol. The SMILES string of the molecule is CCOCCn1c(=NC(=O)C2CCN(S(=O)(=O)c3ccc(Cl)s3)CC2)sc2c(Cl)ccc(Cl)c21. The Bertz CT molecular complexity index is 1370. The summed E-state index contributed by atoms with van der Waals surface area (Å²) in [5, 5.41) is 1.06. The Morgan fingerprint density at radius 2 is 1.82 bits per heavy atom. The second-order valence-corrected chi connectivity index (χ2v) is 13.3. The van der Waals surface area contributed by atoms with Crippen molar-refractivity contribution >= 4 is 83.6 Å². The molecule has 184 valence electrons.